The maximum Gasteiger partial charge on any atom is 0.416 e. The maximum absolute atomic E-state index is 12.6. The largest absolute Gasteiger partial charge is 0.416 e. The Morgan fingerprint density at radius 2 is 2.06 bits per heavy atom. The summed E-state index contributed by atoms with van der Waals surface area (Å²) in [5, 5.41) is 0.353. The number of aryl methyl sites for hydroxylation is 1. The second-order valence-corrected chi connectivity index (χ2v) is 4.00. The van der Waals surface area contributed by atoms with Gasteiger partial charge in [-0.15, -0.1) is 0 Å². The molecule has 1 aromatic carbocycles. The number of aromatic amines is 1. The molecule has 6 heteroatoms. The van der Waals surface area contributed by atoms with Crippen molar-refractivity contribution < 1.29 is 13.2 Å². The van der Waals surface area contributed by atoms with Gasteiger partial charge in [0.05, 0.1) is 11.1 Å². The van der Waals surface area contributed by atoms with Crippen LogP contribution < -0.4 is 5.69 Å². The van der Waals surface area contributed by atoms with Gasteiger partial charge in [0.15, 0.2) is 0 Å². The summed E-state index contributed by atoms with van der Waals surface area (Å²) < 4.78 is 37.9. The summed E-state index contributed by atoms with van der Waals surface area (Å²) in [6.07, 6.45) is -3.16. The van der Waals surface area contributed by atoms with Crippen molar-refractivity contribution in [2.45, 2.75) is 25.9 Å². The molecule has 2 aromatic rings. The van der Waals surface area contributed by atoms with Crippen LogP contribution in [-0.4, -0.2) is 9.97 Å². The van der Waals surface area contributed by atoms with E-state index in [2.05, 4.69) is 9.97 Å². The number of nitrogens with one attached hydrogen (secondary N) is 1. The number of aromatic nitrogens is 2. The molecule has 0 amide bonds. The van der Waals surface area contributed by atoms with Gasteiger partial charge in [0.25, 0.3) is 0 Å². The molecule has 0 bridgehead atoms. The third-order valence-corrected chi connectivity index (χ3v) is 2.63. The lowest BCUT2D eigenvalue weighted by atomic mass is 10.1. The van der Waals surface area contributed by atoms with Crippen LogP contribution in [0.5, 0.6) is 0 Å². The Kier molecular flexibility index (Phi) is 3.11. The minimum atomic E-state index is -4.40. The monoisotopic (exact) mass is 256 g/mol. The van der Waals surface area contributed by atoms with Crippen LogP contribution in [0.1, 0.15) is 24.6 Å². The van der Waals surface area contributed by atoms with Crippen LogP contribution in [0.15, 0.2) is 23.0 Å². The SMILES string of the molecule is CCCc1[nH]c(=O)nc2ccc(C(F)(F)F)cc12. The Morgan fingerprint density at radius 3 is 2.67 bits per heavy atom. The van der Waals surface area contributed by atoms with Crippen molar-refractivity contribution in [2.75, 3.05) is 0 Å². The smallest absolute Gasteiger partial charge is 0.309 e. The van der Waals surface area contributed by atoms with E-state index in [1.807, 2.05) is 6.92 Å². The maximum atomic E-state index is 12.6. The minimum absolute atomic E-state index is 0.287. The molecule has 3 nitrogen and oxygen atoms in total. The Bertz CT molecular complexity index is 631. The molecule has 2 rings (SSSR count). The molecule has 1 heterocycles. The van der Waals surface area contributed by atoms with Crippen LogP contribution in [0, 0.1) is 0 Å². The number of benzene rings is 1. The van der Waals surface area contributed by atoms with Gasteiger partial charge in [-0.25, -0.2) is 4.79 Å². The van der Waals surface area contributed by atoms with E-state index in [1.165, 1.54) is 6.07 Å². The molecule has 0 saturated heterocycles. The van der Waals surface area contributed by atoms with Gasteiger partial charge >= 0.3 is 11.9 Å². The molecule has 0 saturated carbocycles. The van der Waals surface area contributed by atoms with Gasteiger partial charge in [-0.3, -0.25) is 0 Å². The summed E-state index contributed by atoms with van der Waals surface area (Å²) in [4.78, 5) is 17.4. The van der Waals surface area contributed by atoms with E-state index in [-0.39, 0.29) is 5.52 Å². The first kappa shape index (κ1) is 12.6. The van der Waals surface area contributed by atoms with E-state index < -0.39 is 17.4 Å². The van der Waals surface area contributed by atoms with Crippen molar-refractivity contribution in [2.24, 2.45) is 0 Å². The summed E-state index contributed by atoms with van der Waals surface area (Å²) in [7, 11) is 0. The van der Waals surface area contributed by atoms with Crippen LogP contribution in [0.25, 0.3) is 10.9 Å². The molecule has 18 heavy (non-hydrogen) atoms. The lowest BCUT2D eigenvalue weighted by Gasteiger charge is -2.09. The summed E-state index contributed by atoms with van der Waals surface area (Å²) in [5.41, 5.74) is -0.485. The van der Waals surface area contributed by atoms with Gasteiger partial charge in [0, 0.05) is 11.1 Å². The Morgan fingerprint density at radius 1 is 1.33 bits per heavy atom. The van der Waals surface area contributed by atoms with Crippen molar-refractivity contribution in [1.29, 1.82) is 0 Å². The van der Waals surface area contributed by atoms with E-state index in [9.17, 15) is 18.0 Å². The van der Waals surface area contributed by atoms with Crippen LogP contribution in [0.4, 0.5) is 13.2 Å². The fraction of sp³-hybridized carbons (Fsp3) is 0.333. The van der Waals surface area contributed by atoms with Gasteiger partial charge in [0.1, 0.15) is 0 Å². The molecule has 0 fully saturated rings. The summed E-state index contributed by atoms with van der Waals surface area (Å²) >= 11 is 0. The molecule has 1 N–H and O–H groups in total. The van der Waals surface area contributed by atoms with Crippen molar-refractivity contribution in [1.82, 2.24) is 9.97 Å². The van der Waals surface area contributed by atoms with Gasteiger partial charge in [0.2, 0.25) is 0 Å². The predicted molar refractivity (Wildman–Crippen MR) is 61.4 cm³/mol. The number of halogens is 3. The summed E-state index contributed by atoms with van der Waals surface area (Å²) in [5.74, 6) is 0. The zero-order valence-electron chi connectivity index (χ0n) is 9.64. The highest BCUT2D eigenvalue weighted by atomic mass is 19.4. The fourth-order valence-electron chi connectivity index (χ4n) is 1.83. The van der Waals surface area contributed by atoms with Crippen molar-refractivity contribution in [3.8, 4) is 0 Å². The number of nitrogens with zero attached hydrogens (tertiary/aromatic N) is 1. The van der Waals surface area contributed by atoms with Crippen molar-refractivity contribution >= 4 is 10.9 Å². The zero-order chi connectivity index (χ0) is 13.3. The lowest BCUT2D eigenvalue weighted by molar-refractivity contribution is -0.137. The quantitative estimate of drug-likeness (QED) is 0.898. The van der Waals surface area contributed by atoms with Crippen LogP contribution in [0.3, 0.4) is 0 Å². The third-order valence-electron chi connectivity index (χ3n) is 2.63. The average Bonchev–Trinajstić information content (AvgIpc) is 2.27. The number of fused-ring (bicyclic) bond motifs is 1. The number of hydrogen-bond acceptors (Lipinski definition) is 2. The molecule has 0 aliphatic rings. The number of H-pyrrole nitrogens is 1. The number of rotatable bonds is 2. The highest BCUT2D eigenvalue weighted by Crippen LogP contribution is 2.31. The topological polar surface area (TPSA) is 45.8 Å². The van der Waals surface area contributed by atoms with Crippen molar-refractivity contribution in [3.63, 3.8) is 0 Å². The van der Waals surface area contributed by atoms with Gasteiger partial charge < -0.3 is 4.98 Å². The molecule has 0 aliphatic heterocycles. The fourth-order valence-corrected chi connectivity index (χ4v) is 1.83. The molecular weight excluding hydrogens is 245 g/mol. The number of alkyl halides is 3. The molecule has 0 atom stereocenters. The van der Waals surface area contributed by atoms with E-state index in [4.69, 9.17) is 0 Å². The lowest BCUT2D eigenvalue weighted by Crippen LogP contribution is -2.14. The molecule has 0 radical (unpaired) electrons. The summed E-state index contributed by atoms with van der Waals surface area (Å²) in [6.45, 7) is 1.89. The Labute approximate surface area is 101 Å². The Hall–Kier alpha value is -1.85. The Balaban J connectivity index is 2.70. The first-order valence-electron chi connectivity index (χ1n) is 5.52. The van der Waals surface area contributed by atoms with Crippen LogP contribution >= 0.6 is 0 Å². The highest BCUT2D eigenvalue weighted by Gasteiger charge is 2.30. The second-order valence-electron chi connectivity index (χ2n) is 4.00. The van der Waals surface area contributed by atoms with Crippen molar-refractivity contribution in [3.05, 3.63) is 39.9 Å². The average molecular weight is 256 g/mol. The second kappa shape index (κ2) is 4.44. The molecule has 0 spiro atoms. The van der Waals surface area contributed by atoms with Gasteiger partial charge in [-0.2, -0.15) is 18.2 Å². The van der Waals surface area contributed by atoms with Crippen LogP contribution in [0.2, 0.25) is 0 Å². The first-order valence-corrected chi connectivity index (χ1v) is 5.52. The summed E-state index contributed by atoms with van der Waals surface area (Å²) in [6, 6.07) is 3.19. The molecule has 1 aromatic heterocycles. The van der Waals surface area contributed by atoms with Crippen LogP contribution in [-0.2, 0) is 12.6 Å². The zero-order valence-corrected chi connectivity index (χ0v) is 9.64. The van der Waals surface area contributed by atoms with E-state index in [1.54, 1.807) is 0 Å². The standard InChI is InChI=1S/C12H11F3N2O/c1-2-3-9-8-6-7(12(13,14)15)4-5-10(8)17-11(18)16-9/h4-6H,2-3H2,1H3,(H,16,17,18). The highest BCUT2D eigenvalue weighted by molar-refractivity contribution is 5.81. The molecule has 96 valence electrons. The minimum Gasteiger partial charge on any atom is -0.309 e. The first-order chi connectivity index (χ1) is 8.41. The molecule has 0 aliphatic carbocycles. The predicted octanol–water partition coefficient (Wildman–Crippen LogP) is 2.89. The van der Waals surface area contributed by atoms with E-state index >= 15 is 0 Å². The van der Waals surface area contributed by atoms with Gasteiger partial charge in [-0.1, -0.05) is 13.3 Å². The third kappa shape index (κ3) is 2.37. The van der Waals surface area contributed by atoms with Gasteiger partial charge in [-0.05, 0) is 24.6 Å². The van der Waals surface area contributed by atoms with E-state index in [0.29, 0.717) is 17.5 Å². The van der Waals surface area contributed by atoms with E-state index in [0.717, 1.165) is 18.6 Å². The number of hydrogen-bond donors (Lipinski definition) is 1. The molecular formula is C12H11F3N2O. The molecule has 0 unspecified atom stereocenters. The normalized spacial score (nSPS) is 12.0.